The number of halogens is 1. The Bertz CT molecular complexity index is 1010. The first-order chi connectivity index (χ1) is 13.3. The normalized spacial score (nSPS) is 10.6. The molecule has 0 aliphatic rings. The molecule has 0 saturated heterocycles. The van der Waals surface area contributed by atoms with Crippen LogP contribution in [0.25, 0.3) is 5.69 Å². The highest BCUT2D eigenvalue weighted by Crippen LogP contribution is 2.18. The number of anilines is 1. The molecule has 7 nitrogen and oxygen atoms in total. The van der Waals surface area contributed by atoms with E-state index in [4.69, 9.17) is 0 Å². The van der Waals surface area contributed by atoms with Crippen molar-refractivity contribution in [2.24, 2.45) is 0 Å². The molecule has 0 aliphatic heterocycles. The molecule has 0 bridgehead atoms. The number of nitrogens with zero attached hydrogens (tertiary/aromatic N) is 4. The Morgan fingerprint density at radius 2 is 1.86 bits per heavy atom. The zero-order valence-corrected chi connectivity index (χ0v) is 17.4. The second-order valence-electron chi connectivity index (χ2n) is 6.49. The minimum atomic E-state index is -0.363. The molecule has 0 unspecified atom stereocenters. The van der Waals surface area contributed by atoms with E-state index in [0.717, 1.165) is 15.7 Å². The number of hydrogen-bond acceptors (Lipinski definition) is 4. The fourth-order valence-electron chi connectivity index (χ4n) is 2.69. The van der Waals surface area contributed by atoms with Gasteiger partial charge in [0, 0.05) is 17.2 Å². The lowest BCUT2D eigenvalue weighted by Crippen LogP contribution is -2.35. The van der Waals surface area contributed by atoms with Crippen LogP contribution < -0.4 is 5.32 Å². The first kappa shape index (κ1) is 19.8. The van der Waals surface area contributed by atoms with Crippen LogP contribution in [-0.2, 0) is 4.79 Å². The van der Waals surface area contributed by atoms with Crippen molar-refractivity contribution in [3.63, 3.8) is 0 Å². The van der Waals surface area contributed by atoms with E-state index in [0.29, 0.717) is 11.4 Å². The van der Waals surface area contributed by atoms with Gasteiger partial charge in [-0.05, 0) is 44.2 Å². The fraction of sp³-hybridized carbons (Fsp3) is 0.200. The minimum absolute atomic E-state index is 0.0874. The summed E-state index contributed by atoms with van der Waals surface area (Å²) in [5, 5.41) is 10.9. The zero-order chi connectivity index (χ0) is 20.3. The van der Waals surface area contributed by atoms with Crippen molar-refractivity contribution in [3.05, 3.63) is 70.0 Å². The highest BCUT2D eigenvalue weighted by molar-refractivity contribution is 9.10. The fourth-order valence-corrected chi connectivity index (χ4v) is 3.07. The third-order valence-electron chi connectivity index (χ3n) is 4.21. The van der Waals surface area contributed by atoms with Crippen molar-refractivity contribution in [3.8, 4) is 5.69 Å². The second-order valence-corrected chi connectivity index (χ2v) is 7.41. The van der Waals surface area contributed by atoms with Crippen LogP contribution in [0.4, 0.5) is 5.69 Å². The summed E-state index contributed by atoms with van der Waals surface area (Å²) < 4.78 is 2.50. The second kappa shape index (κ2) is 8.35. The molecule has 28 heavy (non-hydrogen) atoms. The Hall–Kier alpha value is -3.00. The lowest BCUT2D eigenvalue weighted by Gasteiger charge is -2.16. The van der Waals surface area contributed by atoms with Gasteiger partial charge in [-0.2, -0.15) is 0 Å². The van der Waals surface area contributed by atoms with E-state index in [1.807, 2.05) is 55.5 Å². The van der Waals surface area contributed by atoms with Crippen LogP contribution in [0, 0.1) is 13.8 Å². The van der Waals surface area contributed by atoms with Crippen molar-refractivity contribution in [1.29, 1.82) is 0 Å². The molecule has 0 atom stereocenters. The van der Waals surface area contributed by atoms with Crippen molar-refractivity contribution >= 4 is 33.4 Å². The van der Waals surface area contributed by atoms with Gasteiger partial charge in [-0.25, -0.2) is 4.68 Å². The van der Waals surface area contributed by atoms with Crippen molar-refractivity contribution < 1.29 is 9.59 Å². The third kappa shape index (κ3) is 4.45. The van der Waals surface area contributed by atoms with Crippen LogP contribution in [0.2, 0.25) is 0 Å². The number of carbonyl (C=O) groups excluding carboxylic acids is 2. The van der Waals surface area contributed by atoms with E-state index >= 15 is 0 Å². The molecule has 2 amide bonds. The Kier molecular flexibility index (Phi) is 5.89. The van der Waals surface area contributed by atoms with Crippen LogP contribution in [0.5, 0.6) is 0 Å². The van der Waals surface area contributed by atoms with Crippen LogP contribution in [0.15, 0.2) is 53.0 Å². The minimum Gasteiger partial charge on any atom is -0.331 e. The van der Waals surface area contributed by atoms with Crippen molar-refractivity contribution in [1.82, 2.24) is 19.9 Å². The molecule has 3 rings (SSSR count). The molecule has 8 heteroatoms. The van der Waals surface area contributed by atoms with Gasteiger partial charge in [0.25, 0.3) is 5.91 Å². The molecule has 1 heterocycles. The van der Waals surface area contributed by atoms with Gasteiger partial charge in [0.05, 0.1) is 17.9 Å². The molecule has 0 aliphatic carbocycles. The number of aromatic nitrogens is 3. The predicted octanol–water partition coefficient (Wildman–Crippen LogP) is 3.36. The molecule has 0 saturated carbocycles. The van der Waals surface area contributed by atoms with Gasteiger partial charge in [-0.1, -0.05) is 44.9 Å². The van der Waals surface area contributed by atoms with Crippen LogP contribution in [0.1, 0.15) is 21.7 Å². The number of aryl methyl sites for hydroxylation is 1. The maximum atomic E-state index is 12.7. The summed E-state index contributed by atoms with van der Waals surface area (Å²) in [5.74, 6) is -0.644. The van der Waals surface area contributed by atoms with Crippen molar-refractivity contribution in [2.75, 3.05) is 18.9 Å². The largest absolute Gasteiger partial charge is 0.331 e. The molecule has 0 fully saturated rings. The summed E-state index contributed by atoms with van der Waals surface area (Å²) in [6.07, 6.45) is 0. The average Bonchev–Trinajstić information content (AvgIpc) is 3.04. The summed E-state index contributed by atoms with van der Waals surface area (Å²) in [6, 6.07) is 15.0. The maximum absolute atomic E-state index is 12.7. The molecule has 2 aromatic carbocycles. The molecule has 144 valence electrons. The molecule has 0 radical (unpaired) electrons. The number of rotatable bonds is 5. The molecule has 0 spiro atoms. The van der Waals surface area contributed by atoms with Crippen LogP contribution >= 0.6 is 15.9 Å². The first-order valence-electron chi connectivity index (χ1n) is 8.65. The van der Waals surface area contributed by atoms with Gasteiger partial charge < -0.3 is 10.2 Å². The third-order valence-corrected chi connectivity index (χ3v) is 4.71. The molecular formula is C20H20BrN5O2. The van der Waals surface area contributed by atoms with E-state index in [9.17, 15) is 9.59 Å². The Morgan fingerprint density at radius 1 is 1.14 bits per heavy atom. The smallest absolute Gasteiger partial charge is 0.276 e. The molecular weight excluding hydrogens is 422 g/mol. The molecule has 3 aromatic rings. The number of likely N-dealkylation sites (N-methyl/N-ethyl adjacent to an activating group) is 1. The van der Waals surface area contributed by atoms with Crippen molar-refractivity contribution in [2.45, 2.75) is 13.8 Å². The average molecular weight is 442 g/mol. The maximum Gasteiger partial charge on any atom is 0.276 e. The monoisotopic (exact) mass is 441 g/mol. The lowest BCUT2D eigenvalue weighted by molar-refractivity contribution is -0.116. The van der Waals surface area contributed by atoms with Gasteiger partial charge in [0.2, 0.25) is 5.91 Å². The van der Waals surface area contributed by atoms with Crippen LogP contribution in [0.3, 0.4) is 0 Å². The highest BCUT2D eigenvalue weighted by Gasteiger charge is 2.22. The van der Waals surface area contributed by atoms with Gasteiger partial charge in [-0.15, -0.1) is 5.10 Å². The van der Waals surface area contributed by atoms with Gasteiger partial charge in [-0.3, -0.25) is 9.59 Å². The number of amides is 2. The zero-order valence-electron chi connectivity index (χ0n) is 15.8. The number of benzene rings is 2. The number of nitrogens with one attached hydrogen (secondary N) is 1. The Balaban J connectivity index is 1.69. The van der Waals surface area contributed by atoms with Gasteiger partial charge >= 0.3 is 0 Å². The lowest BCUT2D eigenvalue weighted by atomic mass is 10.2. The van der Waals surface area contributed by atoms with Gasteiger partial charge in [0.15, 0.2) is 5.69 Å². The van der Waals surface area contributed by atoms with E-state index < -0.39 is 0 Å². The SMILES string of the molecule is Cc1ccc(NC(=O)CN(C)C(=O)c2nnn(-c3cccc(Br)c3)c2C)cc1. The van der Waals surface area contributed by atoms with Crippen LogP contribution in [-0.4, -0.2) is 45.3 Å². The molecule has 1 aromatic heterocycles. The van der Waals surface area contributed by atoms with E-state index in [1.165, 1.54) is 4.90 Å². The summed E-state index contributed by atoms with van der Waals surface area (Å²) >= 11 is 3.42. The number of carbonyl (C=O) groups is 2. The summed E-state index contributed by atoms with van der Waals surface area (Å²) in [4.78, 5) is 26.3. The highest BCUT2D eigenvalue weighted by atomic mass is 79.9. The topological polar surface area (TPSA) is 80.1 Å². The van der Waals surface area contributed by atoms with E-state index in [1.54, 1.807) is 18.7 Å². The number of hydrogen-bond donors (Lipinski definition) is 1. The Morgan fingerprint density at radius 3 is 2.54 bits per heavy atom. The van der Waals surface area contributed by atoms with Gasteiger partial charge in [0.1, 0.15) is 0 Å². The Labute approximate surface area is 171 Å². The van der Waals surface area contributed by atoms with E-state index in [-0.39, 0.29) is 24.1 Å². The molecule has 1 N–H and O–H groups in total. The van der Waals surface area contributed by atoms with E-state index in [2.05, 4.69) is 31.6 Å². The summed E-state index contributed by atoms with van der Waals surface area (Å²) in [7, 11) is 1.56. The standard InChI is InChI=1S/C20H20BrN5O2/c1-13-7-9-16(10-8-13)22-18(27)12-25(3)20(28)19-14(2)26(24-23-19)17-6-4-5-15(21)11-17/h4-11H,12H2,1-3H3,(H,22,27). The summed E-state index contributed by atoms with van der Waals surface area (Å²) in [5.41, 5.74) is 3.40. The first-order valence-corrected chi connectivity index (χ1v) is 9.44. The quantitative estimate of drug-likeness (QED) is 0.657. The predicted molar refractivity (Wildman–Crippen MR) is 111 cm³/mol. The summed E-state index contributed by atoms with van der Waals surface area (Å²) in [6.45, 7) is 3.66.